The molecule has 0 aromatic rings. The van der Waals surface area contributed by atoms with Crippen LogP contribution in [0.4, 0.5) is 4.79 Å². The molecule has 0 fully saturated rings. The van der Waals surface area contributed by atoms with E-state index in [1.165, 1.54) is 4.90 Å². The molecule has 0 rings (SSSR count). The van der Waals surface area contributed by atoms with Crippen molar-refractivity contribution in [3.63, 3.8) is 0 Å². The topological polar surface area (TPSA) is 107 Å². The van der Waals surface area contributed by atoms with Crippen LogP contribution in [0.3, 0.4) is 0 Å². The molecule has 0 aliphatic carbocycles. The summed E-state index contributed by atoms with van der Waals surface area (Å²) < 4.78 is 0. The third kappa shape index (κ3) is 6.64. The van der Waals surface area contributed by atoms with E-state index in [0.29, 0.717) is 6.54 Å². The first-order valence-corrected chi connectivity index (χ1v) is 6.31. The third-order valence-electron chi connectivity index (χ3n) is 2.70. The number of urea groups is 1. The summed E-state index contributed by atoms with van der Waals surface area (Å²) in [5.74, 6) is -2.13. The molecule has 0 spiro atoms. The van der Waals surface area contributed by atoms with E-state index in [2.05, 4.69) is 5.32 Å². The average Bonchev–Trinajstić information content (AvgIpc) is 2.27. The number of nitrogens with zero attached hydrogens (tertiary/aromatic N) is 1. The first-order valence-electron chi connectivity index (χ1n) is 6.31. The summed E-state index contributed by atoms with van der Waals surface area (Å²) in [5, 5.41) is 19.9. The van der Waals surface area contributed by atoms with E-state index in [1.807, 2.05) is 13.8 Å². The fourth-order valence-corrected chi connectivity index (χ4v) is 1.69. The van der Waals surface area contributed by atoms with Gasteiger partial charge in [0.05, 0.1) is 0 Å². The zero-order valence-corrected chi connectivity index (χ0v) is 11.5. The molecule has 1 atom stereocenters. The quantitative estimate of drug-likeness (QED) is 0.615. The number of carboxylic acid groups (broad SMARTS) is 2. The molecular weight excluding hydrogens is 252 g/mol. The van der Waals surface area contributed by atoms with E-state index >= 15 is 0 Å². The second-order valence-electron chi connectivity index (χ2n) is 4.51. The molecular formula is C12H22N2O5. The summed E-state index contributed by atoms with van der Waals surface area (Å²) in [6, 6.07) is -1.53. The number of carbonyl (C=O) groups excluding carboxylic acids is 1. The first kappa shape index (κ1) is 17.2. The Bertz CT molecular complexity index is 330. The number of amides is 2. The van der Waals surface area contributed by atoms with Crippen molar-refractivity contribution in [2.24, 2.45) is 0 Å². The highest BCUT2D eigenvalue weighted by molar-refractivity contribution is 5.82. The van der Waals surface area contributed by atoms with Crippen LogP contribution < -0.4 is 5.32 Å². The number of hydrogen-bond donors (Lipinski definition) is 3. The average molecular weight is 274 g/mol. The van der Waals surface area contributed by atoms with Gasteiger partial charge in [-0.05, 0) is 33.6 Å². The Morgan fingerprint density at radius 2 is 1.79 bits per heavy atom. The Kier molecular flexibility index (Phi) is 7.55. The van der Waals surface area contributed by atoms with Crippen LogP contribution in [0.25, 0.3) is 0 Å². The van der Waals surface area contributed by atoms with Gasteiger partial charge in [-0.15, -0.1) is 0 Å². The molecule has 0 aliphatic heterocycles. The van der Waals surface area contributed by atoms with E-state index in [1.54, 1.807) is 6.92 Å². The monoisotopic (exact) mass is 274 g/mol. The summed E-state index contributed by atoms with van der Waals surface area (Å²) >= 11 is 0. The summed E-state index contributed by atoms with van der Waals surface area (Å²) in [6.07, 6.45) is 0.199. The van der Waals surface area contributed by atoms with Gasteiger partial charge in [-0.1, -0.05) is 0 Å². The third-order valence-corrected chi connectivity index (χ3v) is 2.70. The van der Waals surface area contributed by atoms with E-state index in [4.69, 9.17) is 10.2 Å². The molecule has 0 saturated carbocycles. The van der Waals surface area contributed by atoms with Crippen LogP contribution in [0.5, 0.6) is 0 Å². The second kappa shape index (κ2) is 8.34. The van der Waals surface area contributed by atoms with Crippen molar-refractivity contribution in [3.8, 4) is 0 Å². The van der Waals surface area contributed by atoms with Crippen molar-refractivity contribution in [1.29, 1.82) is 0 Å². The van der Waals surface area contributed by atoms with Crippen LogP contribution in [0.15, 0.2) is 0 Å². The molecule has 2 amide bonds. The van der Waals surface area contributed by atoms with Crippen LogP contribution >= 0.6 is 0 Å². The predicted molar refractivity (Wildman–Crippen MR) is 69.0 cm³/mol. The molecule has 0 aromatic carbocycles. The second-order valence-corrected chi connectivity index (χ2v) is 4.51. The van der Waals surface area contributed by atoms with E-state index in [9.17, 15) is 14.4 Å². The highest BCUT2D eigenvalue weighted by atomic mass is 16.4. The number of hydrogen-bond acceptors (Lipinski definition) is 3. The fraction of sp³-hybridized carbons (Fsp3) is 0.750. The smallest absolute Gasteiger partial charge is 0.326 e. The lowest BCUT2D eigenvalue weighted by Gasteiger charge is -2.27. The molecule has 0 saturated heterocycles. The van der Waals surface area contributed by atoms with Gasteiger partial charge in [0, 0.05) is 19.0 Å². The molecule has 0 radical (unpaired) electrons. The lowest BCUT2D eigenvalue weighted by molar-refractivity contribution is -0.140. The normalized spacial score (nSPS) is 12.0. The Balaban J connectivity index is 4.45. The van der Waals surface area contributed by atoms with Crippen LogP contribution in [0.1, 0.15) is 40.0 Å². The minimum absolute atomic E-state index is 0.0292. The molecule has 19 heavy (non-hydrogen) atoms. The van der Waals surface area contributed by atoms with Crippen LogP contribution in [-0.2, 0) is 9.59 Å². The summed E-state index contributed by atoms with van der Waals surface area (Å²) in [4.78, 5) is 34.8. The van der Waals surface area contributed by atoms with E-state index in [-0.39, 0.29) is 25.3 Å². The van der Waals surface area contributed by atoms with Gasteiger partial charge in [0.15, 0.2) is 0 Å². The Morgan fingerprint density at radius 3 is 2.16 bits per heavy atom. The van der Waals surface area contributed by atoms with Crippen LogP contribution in [0.2, 0.25) is 0 Å². The van der Waals surface area contributed by atoms with Crippen molar-refractivity contribution in [2.75, 3.05) is 6.54 Å². The highest BCUT2D eigenvalue weighted by Gasteiger charge is 2.23. The van der Waals surface area contributed by atoms with Gasteiger partial charge in [-0.2, -0.15) is 0 Å². The van der Waals surface area contributed by atoms with Gasteiger partial charge >= 0.3 is 18.0 Å². The van der Waals surface area contributed by atoms with Crippen molar-refractivity contribution in [2.45, 2.75) is 52.1 Å². The predicted octanol–water partition coefficient (Wildman–Crippen LogP) is 1.13. The minimum Gasteiger partial charge on any atom is -0.481 e. The van der Waals surface area contributed by atoms with Crippen LogP contribution in [0, 0.1) is 0 Å². The Morgan fingerprint density at radius 1 is 1.21 bits per heavy atom. The van der Waals surface area contributed by atoms with Gasteiger partial charge in [0.1, 0.15) is 6.04 Å². The van der Waals surface area contributed by atoms with E-state index in [0.717, 1.165) is 0 Å². The zero-order chi connectivity index (χ0) is 15.0. The number of carbonyl (C=O) groups is 3. The molecule has 0 bridgehead atoms. The molecule has 0 heterocycles. The van der Waals surface area contributed by atoms with Gasteiger partial charge in [0.2, 0.25) is 0 Å². The first-order chi connectivity index (χ1) is 8.79. The summed E-state index contributed by atoms with van der Waals surface area (Å²) in [5.41, 5.74) is 0. The molecule has 7 heteroatoms. The molecule has 0 unspecified atom stereocenters. The lowest BCUT2D eigenvalue weighted by Crippen LogP contribution is -2.50. The zero-order valence-electron chi connectivity index (χ0n) is 11.5. The maximum Gasteiger partial charge on any atom is 0.326 e. The van der Waals surface area contributed by atoms with Gasteiger partial charge in [-0.25, -0.2) is 9.59 Å². The maximum absolute atomic E-state index is 11.9. The molecule has 0 aliphatic rings. The van der Waals surface area contributed by atoms with Crippen molar-refractivity contribution in [3.05, 3.63) is 0 Å². The number of carboxylic acids is 2. The maximum atomic E-state index is 11.9. The van der Waals surface area contributed by atoms with Crippen molar-refractivity contribution >= 4 is 18.0 Å². The lowest BCUT2D eigenvalue weighted by atomic mass is 10.1. The van der Waals surface area contributed by atoms with Gasteiger partial charge in [0.25, 0.3) is 0 Å². The molecule has 110 valence electrons. The standard InChI is InChI=1S/C12H22N2O5/c1-4-14(8(2)3)12(19)13-9(11(17)18)6-5-7-10(15)16/h8-9H,4-7H2,1-3H3,(H,13,19)(H,15,16)(H,17,18)/t9-/m1/s1. The largest absolute Gasteiger partial charge is 0.481 e. The van der Waals surface area contributed by atoms with E-state index < -0.39 is 24.0 Å². The Labute approximate surface area is 112 Å². The molecule has 0 aromatic heterocycles. The SMILES string of the molecule is CCN(C(=O)N[C@H](CCCC(=O)O)C(=O)O)C(C)C. The minimum atomic E-state index is -1.15. The fourth-order valence-electron chi connectivity index (χ4n) is 1.69. The number of aliphatic carboxylic acids is 2. The van der Waals surface area contributed by atoms with Crippen molar-refractivity contribution in [1.82, 2.24) is 10.2 Å². The number of rotatable bonds is 8. The van der Waals surface area contributed by atoms with Gasteiger partial charge < -0.3 is 20.4 Å². The van der Waals surface area contributed by atoms with Crippen molar-refractivity contribution < 1.29 is 24.6 Å². The Hall–Kier alpha value is -1.79. The molecule has 3 N–H and O–H groups in total. The molecule has 7 nitrogen and oxygen atoms in total. The summed E-state index contributed by atoms with van der Waals surface area (Å²) in [7, 11) is 0. The van der Waals surface area contributed by atoms with Gasteiger partial charge in [-0.3, -0.25) is 4.79 Å². The van der Waals surface area contributed by atoms with Crippen LogP contribution in [-0.4, -0.2) is 51.7 Å². The number of nitrogens with one attached hydrogen (secondary N) is 1. The summed E-state index contributed by atoms with van der Waals surface area (Å²) in [6.45, 7) is 5.96. The highest BCUT2D eigenvalue weighted by Crippen LogP contribution is 2.04.